The summed E-state index contributed by atoms with van der Waals surface area (Å²) in [5.74, 6) is -0.120. The first-order valence-corrected chi connectivity index (χ1v) is 2.51. The van der Waals surface area contributed by atoms with E-state index in [1.165, 1.54) is 11.9 Å². The average molecular weight is 113 g/mol. The third-order valence-electron chi connectivity index (χ3n) is 1.30. The lowest BCUT2D eigenvalue weighted by molar-refractivity contribution is -0.130. The van der Waals surface area contributed by atoms with Gasteiger partial charge in [0.1, 0.15) is 7.05 Å². The molecule has 1 fully saturated rings. The third kappa shape index (κ3) is 0.648. The summed E-state index contributed by atoms with van der Waals surface area (Å²) in [7, 11) is 1.51. The summed E-state index contributed by atoms with van der Waals surface area (Å²) in [5.41, 5.74) is 0. The molecule has 2 amide bonds. The number of hydrogen-bond acceptors (Lipinski definition) is 2. The van der Waals surface area contributed by atoms with Crippen LogP contribution in [0.2, 0.25) is 0 Å². The van der Waals surface area contributed by atoms with E-state index in [-0.39, 0.29) is 11.8 Å². The zero-order valence-corrected chi connectivity index (χ0v) is 4.68. The maximum atomic E-state index is 10.5. The van der Waals surface area contributed by atoms with Crippen LogP contribution >= 0.6 is 0 Å². The van der Waals surface area contributed by atoms with Crippen molar-refractivity contribution in [2.75, 3.05) is 7.05 Å². The number of likely N-dealkylation sites (tertiary alicyclic amines) is 1. The minimum atomic E-state index is -0.0602. The van der Waals surface area contributed by atoms with E-state index in [1.54, 1.807) is 0 Å². The topological polar surface area (TPSA) is 40.0 Å². The second kappa shape index (κ2) is 1.67. The number of carbonyl (C=O) groups is 2. The molecule has 1 heterocycles. The second-order valence-electron chi connectivity index (χ2n) is 1.85. The molecule has 0 aromatic carbocycles. The molecule has 8 heavy (non-hydrogen) atoms. The van der Waals surface area contributed by atoms with Crippen molar-refractivity contribution in [2.24, 2.45) is 0 Å². The molecule has 43 valence electrons. The number of carbonyl (C=O) groups excluding carboxylic acids is 2. The Morgan fingerprint density at radius 2 is 1.62 bits per heavy atom. The van der Waals surface area contributed by atoms with Gasteiger partial charge in [-0.2, -0.15) is 0 Å². The van der Waals surface area contributed by atoms with Crippen molar-refractivity contribution >= 4 is 11.8 Å². The Bertz CT molecular complexity index is 125. The summed E-state index contributed by atoms with van der Waals surface area (Å²) in [6, 6.07) is 0. The molecule has 1 rings (SSSR count). The van der Waals surface area contributed by atoms with Gasteiger partial charge in [0.25, 0.3) is 0 Å². The zero-order chi connectivity index (χ0) is 6.15. The fourth-order valence-electron chi connectivity index (χ4n) is 0.688. The van der Waals surface area contributed by atoms with E-state index in [0.717, 1.165) is 0 Å². The van der Waals surface area contributed by atoms with Crippen LogP contribution in [0.15, 0.2) is 0 Å². The van der Waals surface area contributed by atoms with Crippen molar-refractivity contribution in [3.63, 3.8) is 0 Å². The van der Waals surface area contributed by atoms with Gasteiger partial charge >= 0.3 is 11.8 Å². The molecule has 0 saturated carbocycles. The van der Waals surface area contributed by atoms with E-state index in [0.29, 0.717) is 12.8 Å². The fourth-order valence-corrected chi connectivity index (χ4v) is 0.688. The van der Waals surface area contributed by atoms with E-state index in [4.69, 9.17) is 0 Å². The Kier molecular flexibility index (Phi) is 1.13. The molecule has 0 spiro atoms. The van der Waals surface area contributed by atoms with Crippen molar-refractivity contribution < 1.29 is 9.59 Å². The number of hydrogen-bond donors (Lipinski definition) is 0. The van der Waals surface area contributed by atoms with Crippen LogP contribution in [0.1, 0.15) is 12.8 Å². The monoisotopic (exact) mass is 113 g/mol. The minimum Gasteiger partial charge on any atom is -0.225 e. The number of nitrogens with zero attached hydrogens (tertiary/aromatic N) is 1. The van der Waals surface area contributed by atoms with E-state index >= 15 is 0 Å². The Balaban J connectivity index is 2.70. The Morgan fingerprint density at radius 1 is 1.25 bits per heavy atom. The van der Waals surface area contributed by atoms with Crippen LogP contribution in [0.5, 0.6) is 0 Å². The van der Waals surface area contributed by atoms with Crippen molar-refractivity contribution in [3.8, 4) is 0 Å². The number of imide groups is 1. The SMILES string of the molecule is C[N+]1C(=O)CCC1=O. The van der Waals surface area contributed by atoms with Crippen LogP contribution in [0.25, 0.3) is 0 Å². The molecule has 1 radical (unpaired) electrons. The summed E-state index contributed by atoms with van der Waals surface area (Å²) in [4.78, 5) is 22.1. The lowest BCUT2D eigenvalue weighted by Crippen LogP contribution is -2.30. The van der Waals surface area contributed by atoms with Crippen molar-refractivity contribution in [3.05, 3.63) is 0 Å². The lowest BCUT2D eigenvalue weighted by atomic mass is 10.4. The average Bonchev–Trinajstić information content (AvgIpc) is 1.98. The van der Waals surface area contributed by atoms with Gasteiger partial charge < -0.3 is 0 Å². The molecule has 0 aromatic rings. The van der Waals surface area contributed by atoms with Crippen LogP contribution in [0, 0.1) is 0 Å². The molecule has 1 aliphatic heterocycles. The predicted molar refractivity (Wildman–Crippen MR) is 27.3 cm³/mol. The van der Waals surface area contributed by atoms with Crippen molar-refractivity contribution in [1.29, 1.82) is 0 Å². The van der Waals surface area contributed by atoms with Crippen LogP contribution in [-0.4, -0.2) is 18.9 Å². The fraction of sp³-hybridized carbons (Fsp3) is 0.600. The van der Waals surface area contributed by atoms with Gasteiger partial charge in [0.05, 0.1) is 12.8 Å². The molecule has 0 aromatic heterocycles. The van der Waals surface area contributed by atoms with Gasteiger partial charge in [-0.25, -0.2) is 9.59 Å². The number of amides is 2. The van der Waals surface area contributed by atoms with Gasteiger partial charge in [-0.15, -0.1) is 0 Å². The molecule has 0 N–H and O–H groups in total. The third-order valence-corrected chi connectivity index (χ3v) is 1.30. The van der Waals surface area contributed by atoms with Crippen molar-refractivity contribution in [1.82, 2.24) is 4.90 Å². The molecule has 0 aliphatic carbocycles. The highest BCUT2D eigenvalue weighted by Gasteiger charge is 2.37. The Labute approximate surface area is 47.3 Å². The molecular weight excluding hydrogens is 106 g/mol. The van der Waals surface area contributed by atoms with Crippen molar-refractivity contribution in [2.45, 2.75) is 12.8 Å². The van der Waals surface area contributed by atoms with Gasteiger partial charge in [-0.05, 0) is 4.90 Å². The smallest absolute Gasteiger partial charge is 0.225 e. The van der Waals surface area contributed by atoms with Crippen LogP contribution in [0.3, 0.4) is 0 Å². The molecule has 3 heteroatoms. The van der Waals surface area contributed by atoms with E-state index in [1.807, 2.05) is 0 Å². The van der Waals surface area contributed by atoms with Crippen LogP contribution in [-0.2, 0) is 9.59 Å². The first kappa shape index (κ1) is 5.44. The number of rotatable bonds is 0. The highest BCUT2D eigenvalue weighted by Crippen LogP contribution is 2.04. The quantitative estimate of drug-likeness (QED) is 0.317. The second-order valence-corrected chi connectivity index (χ2v) is 1.85. The molecule has 1 aliphatic rings. The van der Waals surface area contributed by atoms with Gasteiger partial charge in [0.15, 0.2) is 0 Å². The molecule has 3 nitrogen and oxygen atoms in total. The molecule has 0 bridgehead atoms. The Morgan fingerprint density at radius 3 is 1.75 bits per heavy atom. The summed E-state index contributed by atoms with van der Waals surface area (Å²) in [6.45, 7) is 0. The molecule has 1 saturated heterocycles. The van der Waals surface area contributed by atoms with Gasteiger partial charge in [-0.3, -0.25) is 0 Å². The van der Waals surface area contributed by atoms with Crippen LogP contribution in [0.4, 0.5) is 0 Å². The largest absolute Gasteiger partial charge is 0.369 e. The molecular formula is C5H7NO2+. The normalized spacial score (nSPS) is 22.6. The summed E-state index contributed by atoms with van der Waals surface area (Å²) < 4.78 is 0. The first-order valence-electron chi connectivity index (χ1n) is 2.51. The highest BCUT2D eigenvalue weighted by molar-refractivity contribution is 6.04. The standard InChI is InChI=1S/C5H7NO2/c1-6-4(7)2-3-5(6)8/h2-3H2,1H3/q+1. The lowest BCUT2D eigenvalue weighted by Gasteiger charge is -1.83. The summed E-state index contributed by atoms with van der Waals surface area (Å²) >= 11 is 0. The minimum absolute atomic E-state index is 0.0602. The molecule has 0 unspecified atom stereocenters. The van der Waals surface area contributed by atoms with E-state index in [2.05, 4.69) is 0 Å². The van der Waals surface area contributed by atoms with E-state index < -0.39 is 0 Å². The summed E-state index contributed by atoms with van der Waals surface area (Å²) in [6.07, 6.45) is 0.796. The van der Waals surface area contributed by atoms with Gasteiger partial charge in [-0.1, -0.05) is 0 Å². The predicted octanol–water partition coefficient (Wildman–Crippen LogP) is -0.397. The zero-order valence-electron chi connectivity index (χ0n) is 4.68. The highest BCUT2D eigenvalue weighted by atomic mass is 16.2. The van der Waals surface area contributed by atoms with Gasteiger partial charge in [0.2, 0.25) is 0 Å². The van der Waals surface area contributed by atoms with E-state index in [9.17, 15) is 9.59 Å². The Hall–Kier alpha value is -0.700. The maximum Gasteiger partial charge on any atom is 0.369 e. The van der Waals surface area contributed by atoms with Crippen LogP contribution < -0.4 is 4.90 Å². The molecule has 0 atom stereocenters. The first-order chi connectivity index (χ1) is 3.72. The van der Waals surface area contributed by atoms with Gasteiger partial charge in [0, 0.05) is 0 Å². The maximum absolute atomic E-state index is 10.5. The summed E-state index contributed by atoms with van der Waals surface area (Å²) in [5, 5.41) is 0.